The molecule has 17 nitrogen and oxygen atoms in total. The summed E-state index contributed by atoms with van der Waals surface area (Å²) in [5.74, 6) is 3.93. The van der Waals surface area contributed by atoms with Crippen molar-refractivity contribution in [1.82, 2.24) is 40.0 Å². The van der Waals surface area contributed by atoms with Crippen molar-refractivity contribution in [3.63, 3.8) is 0 Å². The number of likely N-dealkylation sites (tertiary alicyclic amines) is 2. The van der Waals surface area contributed by atoms with Crippen LogP contribution in [-0.4, -0.2) is 149 Å². The highest BCUT2D eigenvalue weighted by Crippen LogP contribution is 2.57. The summed E-state index contributed by atoms with van der Waals surface area (Å²) in [6.07, 6.45) is 2.53. The lowest BCUT2D eigenvalue weighted by Crippen LogP contribution is -2.62. The van der Waals surface area contributed by atoms with E-state index in [2.05, 4.69) is 89.3 Å². The second-order valence-electron chi connectivity index (χ2n) is 21.3. The molecule has 2 N–H and O–H groups in total. The number of aryl methyl sites for hydroxylation is 1. The van der Waals surface area contributed by atoms with Crippen LogP contribution >= 0.6 is 0 Å². The summed E-state index contributed by atoms with van der Waals surface area (Å²) in [6, 6.07) is 16.6. The van der Waals surface area contributed by atoms with E-state index >= 15 is 0 Å². The first-order chi connectivity index (χ1) is 34.2. The standard InChI is InChI=1S/C54H65N9O8/c1-34(2)47(61-24-19-54(52(61)67)18-23-60(32-54)43(64)15-10-21-59-25-27-70-28-26-59)50(65)56-40-30-35-11-7-12-36(29-35)37-16-17-41-39(31-37)44-45(49(69-6)46-38(13-8-20-55-46)48(44)58(41)5)53(3,4)33-71-63(68)42-14-9-22-62(57-42)51(40)66/h7-8,11-13,16-17,20,29,31,34,40,42,45,47,49,57H,9,14,18-19,21-28,30,32-33H2,1-6H3/p+1/t40-,42+,45?,47-,49-,54?/m0/s1. The van der Waals surface area contributed by atoms with Crippen LogP contribution in [0, 0.1) is 33.5 Å². The number of hydrogen-bond donors (Lipinski definition) is 2. The van der Waals surface area contributed by atoms with Crippen LogP contribution < -0.4 is 10.7 Å². The van der Waals surface area contributed by atoms with Gasteiger partial charge in [-0.3, -0.25) is 34.1 Å². The van der Waals surface area contributed by atoms with Crippen LogP contribution in [0.25, 0.3) is 33.3 Å². The summed E-state index contributed by atoms with van der Waals surface area (Å²) < 4.78 is 14.0. The average molecular weight is 969 g/mol. The quantitative estimate of drug-likeness (QED) is 0.256. The minimum Gasteiger partial charge on any atom is -0.379 e. The molecule has 10 rings (SSSR count). The summed E-state index contributed by atoms with van der Waals surface area (Å²) in [4.78, 5) is 88.7. The van der Waals surface area contributed by atoms with Crippen molar-refractivity contribution < 1.29 is 38.4 Å². The van der Waals surface area contributed by atoms with E-state index < -0.39 is 47.0 Å². The molecule has 17 heteroatoms. The molecule has 374 valence electrons. The van der Waals surface area contributed by atoms with Gasteiger partial charge in [0.2, 0.25) is 16.7 Å². The molecule has 4 aromatic rings. The van der Waals surface area contributed by atoms with Gasteiger partial charge in [0.05, 0.1) is 41.5 Å². The summed E-state index contributed by atoms with van der Waals surface area (Å²) in [5.41, 5.74) is 9.41. The number of nitrogens with one attached hydrogen (secondary N) is 2. The molecule has 6 bridgehead atoms. The van der Waals surface area contributed by atoms with E-state index in [4.69, 9.17) is 19.3 Å². The number of fused-ring (bicyclic) bond motifs is 8. The average Bonchev–Trinajstić information content (AvgIpc) is 4.05. The van der Waals surface area contributed by atoms with Crippen LogP contribution in [0.5, 0.6) is 0 Å². The lowest BCUT2D eigenvalue weighted by atomic mass is 9.67. The van der Waals surface area contributed by atoms with E-state index in [0.717, 1.165) is 63.2 Å². The van der Waals surface area contributed by atoms with Crippen molar-refractivity contribution in [2.75, 3.05) is 72.7 Å². The summed E-state index contributed by atoms with van der Waals surface area (Å²) in [5, 5.41) is 5.60. The molecule has 71 heavy (non-hydrogen) atoms. The van der Waals surface area contributed by atoms with Crippen LogP contribution in [-0.2, 0) is 47.0 Å². The molecule has 4 fully saturated rings. The van der Waals surface area contributed by atoms with E-state index in [9.17, 15) is 24.1 Å². The number of aromatic nitrogens is 2. The van der Waals surface area contributed by atoms with E-state index in [0.29, 0.717) is 70.0 Å². The highest BCUT2D eigenvalue weighted by Gasteiger charge is 2.55. The zero-order valence-corrected chi connectivity index (χ0v) is 41.7. The zero-order chi connectivity index (χ0) is 49.8. The second-order valence-corrected chi connectivity index (χ2v) is 21.3. The molecule has 2 unspecified atom stereocenters. The van der Waals surface area contributed by atoms with Gasteiger partial charge in [0, 0.05) is 100 Å². The number of nitrogens with zero attached hydrogens (tertiary/aromatic N) is 7. The van der Waals surface area contributed by atoms with Crippen molar-refractivity contribution in [2.45, 2.75) is 90.1 Å². The Morgan fingerprint density at radius 3 is 2.59 bits per heavy atom. The first-order valence-electron chi connectivity index (χ1n) is 25.2. The molecule has 0 radical (unpaired) electrons. The Labute approximate surface area is 415 Å². The van der Waals surface area contributed by atoms with Gasteiger partial charge in [-0.2, -0.15) is 5.43 Å². The minimum atomic E-state index is -1.06. The summed E-state index contributed by atoms with van der Waals surface area (Å²) in [7, 11) is 3.78. The maximum Gasteiger partial charge on any atom is 0.326 e. The lowest BCUT2D eigenvalue weighted by molar-refractivity contribution is -0.835. The first-order valence-corrected chi connectivity index (χ1v) is 25.2. The van der Waals surface area contributed by atoms with Crippen LogP contribution in [0.3, 0.4) is 0 Å². The molecular formula is C54H66N9O8+. The number of carbonyl (C=O) groups excluding carboxylic acids is 4. The molecule has 6 atom stereocenters. The Morgan fingerprint density at radius 2 is 1.80 bits per heavy atom. The summed E-state index contributed by atoms with van der Waals surface area (Å²) >= 11 is 0. The fourth-order valence-electron chi connectivity index (χ4n) is 12.1. The Morgan fingerprint density at radius 1 is 1.01 bits per heavy atom. The van der Waals surface area contributed by atoms with Crippen molar-refractivity contribution in [3.05, 3.63) is 82.5 Å². The topological polar surface area (TPSA) is 171 Å². The maximum atomic E-state index is 14.9. The number of hydrazine groups is 1. The van der Waals surface area contributed by atoms with Crippen LogP contribution in [0.2, 0.25) is 0 Å². The fourth-order valence-corrected chi connectivity index (χ4v) is 12.1. The SMILES string of the molecule is CO[C@@H]1c2ncccc2-c2c3c4cc(ccc4n2C)-c2cccc(c2)C[C@H](NC(=O)[C@H](C(C)C)N2CCC4(CCN(C(=O)C#CCN5CCOCC5)C4)C2=O)C(=O)N2CCC[C@H](N2)[N+](=O)OCC(C)(C)C31. The molecule has 4 saturated heterocycles. The number of amides is 4. The first kappa shape index (κ1) is 48.4. The third-order valence-corrected chi connectivity index (χ3v) is 15.9. The van der Waals surface area contributed by atoms with Gasteiger partial charge in [-0.25, -0.2) is 4.84 Å². The van der Waals surface area contributed by atoms with Gasteiger partial charge in [0.1, 0.15) is 18.2 Å². The predicted molar refractivity (Wildman–Crippen MR) is 265 cm³/mol. The number of ether oxygens (including phenoxy) is 2. The molecule has 6 aliphatic rings. The highest BCUT2D eigenvalue weighted by atomic mass is 16.8. The van der Waals surface area contributed by atoms with Crippen molar-refractivity contribution >= 4 is 34.5 Å². The van der Waals surface area contributed by atoms with Crippen molar-refractivity contribution in [3.8, 4) is 34.2 Å². The predicted octanol–water partition coefficient (Wildman–Crippen LogP) is 4.73. The highest BCUT2D eigenvalue weighted by molar-refractivity contribution is 5.98. The minimum absolute atomic E-state index is 0.0381. The molecule has 1 aliphatic carbocycles. The van der Waals surface area contributed by atoms with Gasteiger partial charge in [-0.15, -0.1) is 0 Å². The zero-order valence-electron chi connectivity index (χ0n) is 41.7. The Hall–Kier alpha value is -6.19. The number of benzene rings is 2. The molecule has 2 aromatic carbocycles. The van der Waals surface area contributed by atoms with E-state index in [-0.39, 0.29) is 43.2 Å². The fraction of sp³-hybridized carbons (Fsp3) is 0.537. The van der Waals surface area contributed by atoms with Gasteiger partial charge < -0.3 is 29.2 Å². The van der Waals surface area contributed by atoms with Crippen LogP contribution in [0.1, 0.15) is 82.2 Å². The molecular weight excluding hydrogens is 903 g/mol. The van der Waals surface area contributed by atoms with E-state index in [1.165, 1.54) is 5.01 Å². The van der Waals surface area contributed by atoms with E-state index in [1.807, 2.05) is 32.0 Å². The molecule has 7 heterocycles. The Kier molecular flexibility index (Phi) is 13.3. The number of rotatable bonds is 6. The van der Waals surface area contributed by atoms with Crippen LogP contribution in [0.15, 0.2) is 60.8 Å². The largest absolute Gasteiger partial charge is 0.379 e. The van der Waals surface area contributed by atoms with Gasteiger partial charge in [0.25, 0.3) is 11.8 Å². The van der Waals surface area contributed by atoms with Crippen molar-refractivity contribution in [1.29, 1.82) is 0 Å². The lowest BCUT2D eigenvalue weighted by Gasteiger charge is -2.41. The second kappa shape index (κ2) is 19.4. The molecule has 5 aliphatic heterocycles. The molecule has 1 spiro atoms. The van der Waals surface area contributed by atoms with Gasteiger partial charge >= 0.3 is 6.17 Å². The normalized spacial score (nSPS) is 26.0. The van der Waals surface area contributed by atoms with Gasteiger partial charge in [-0.05, 0) is 77.6 Å². The monoisotopic (exact) mass is 969 g/mol. The number of pyridine rings is 1. The smallest absolute Gasteiger partial charge is 0.326 e. The number of methoxy groups -OCH3 is 1. The van der Waals surface area contributed by atoms with Crippen molar-refractivity contribution in [2.24, 2.45) is 23.8 Å². The summed E-state index contributed by atoms with van der Waals surface area (Å²) in [6.45, 7) is 12.7. The van der Waals surface area contributed by atoms with Gasteiger partial charge in [-0.1, -0.05) is 63.9 Å². The maximum absolute atomic E-state index is 14.9. The Bertz CT molecular complexity index is 2830. The third kappa shape index (κ3) is 8.98. The van der Waals surface area contributed by atoms with Gasteiger partial charge in [0.15, 0.2) is 6.61 Å². The molecule has 2 aromatic heterocycles. The van der Waals surface area contributed by atoms with E-state index in [1.54, 1.807) is 23.1 Å². The number of morpholine rings is 1. The molecule has 4 amide bonds. The molecule has 0 saturated carbocycles. The number of hydrogen-bond acceptors (Lipinski definition) is 11. The number of carbonyl (C=O) groups is 4. The third-order valence-electron chi connectivity index (χ3n) is 15.9. The Balaban J connectivity index is 0.953. The van der Waals surface area contributed by atoms with Crippen LogP contribution in [0.4, 0.5) is 0 Å².